The highest BCUT2D eigenvalue weighted by Gasteiger charge is 2.25. The number of ether oxygens (including phenoxy) is 1. The Bertz CT molecular complexity index is 574. The van der Waals surface area contributed by atoms with Crippen molar-refractivity contribution >= 4 is 30.0 Å². The lowest BCUT2D eigenvalue weighted by molar-refractivity contribution is -0.139. The number of hydrogen-bond acceptors (Lipinski definition) is 5. The van der Waals surface area contributed by atoms with Crippen LogP contribution in [-0.4, -0.2) is 72.7 Å². The first kappa shape index (κ1) is 22.2. The van der Waals surface area contributed by atoms with Crippen LogP contribution < -0.4 is 10.1 Å². The number of aliphatic carboxylic acids is 1. The molecule has 0 radical (unpaired) electrons. The van der Waals surface area contributed by atoms with E-state index in [1.54, 1.807) is 7.11 Å². The molecule has 0 saturated carbocycles. The Balaban J connectivity index is 0.00000338. The summed E-state index contributed by atoms with van der Waals surface area (Å²) in [5.41, 5.74) is 0.749. The molecular weight excluding hydrogens is 358 g/mol. The van der Waals surface area contributed by atoms with Gasteiger partial charge >= 0.3 is 5.97 Å². The van der Waals surface area contributed by atoms with Gasteiger partial charge in [-0.3, -0.25) is 19.4 Å². The number of amides is 1. The van der Waals surface area contributed by atoms with Crippen molar-refractivity contribution in [3.8, 4) is 5.75 Å². The number of halogens is 1. The van der Waals surface area contributed by atoms with Gasteiger partial charge in [0, 0.05) is 24.8 Å². The Hall–Kier alpha value is -1.83. The first-order valence-corrected chi connectivity index (χ1v) is 8.64. The van der Waals surface area contributed by atoms with Crippen LogP contribution in [0, 0.1) is 0 Å². The number of nitrogens with one attached hydrogen (secondary N) is 1. The summed E-state index contributed by atoms with van der Waals surface area (Å²) in [6, 6.07) is 7.52. The summed E-state index contributed by atoms with van der Waals surface area (Å²) in [6.45, 7) is 4.75. The molecule has 2 N–H and O–H groups in total. The summed E-state index contributed by atoms with van der Waals surface area (Å²) in [7, 11) is 1.60. The van der Waals surface area contributed by atoms with Crippen molar-refractivity contribution in [1.82, 2.24) is 9.80 Å². The predicted octanol–water partition coefficient (Wildman–Crippen LogP) is 1.93. The molecule has 1 aliphatic rings. The lowest BCUT2D eigenvalue weighted by Gasteiger charge is -2.37. The number of hydrogen-bond donors (Lipinski definition) is 2. The van der Waals surface area contributed by atoms with Gasteiger partial charge in [0.1, 0.15) is 5.75 Å². The molecule has 1 saturated heterocycles. The fourth-order valence-electron chi connectivity index (χ4n) is 3.19. The molecule has 1 aromatic rings. The van der Waals surface area contributed by atoms with Crippen LogP contribution in [0.2, 0.25) is 0 Å². The molecule has 8 heteroatoms. The SMILES string of the molecule is CCN(CC(=O)O)C1CCN(CC(=O)Nc2ccc(OC)cc2)CC1.Cl. The number of likely N-dealkylation sites (tertiary alicyclic amines) is 1. The van der Waals surface area contributed by atoms with Gasteiger partial charge in [-0.05, 0) is 43.7 Å². The Morgan fingerprint density at radius 1 is 1.27 bits per heavy atom. The molecule has 0 atom stereocenters. The van der Waals surface area contributed by atoms with Crippen molar-refractivity contribution in [2.45, 2.75) is 25.8 Å². The van der Waals surface area contributed by atoms with Crippen molar-refractivity contribution in [1.29, 1.82) is 0 Å². The number of likely N-dealkylation sites (N-methyl/N-ethyl adjacent to an activating group) is 1. The maximum absolute atomic E-state index is 12.2. The number of benzene rings is 1. The molecule has 1 amide bonds. The summed E-state index contributed by atoms with van der Waals surface area (Å²) in [4.78, 5) is 27.2. The summed E-state index contributed by atoms with van der Waals surface area (Å²) in [6.07, 6.45) is 1.77. The Labute approximate surface area is 160 Å². The summed E-state index contributed by atoms with van der Waals surface area (Å²) in [5, 5.41) is 11.9. The number of methoxy groups -OCH3 is 1. The van der Waals surface area contributed by atoms with E-state index < -0.39 is 5.97 Å². The van der Waals surface area contributed by atoms with E-state index in [-0.39, 0.29) is 30.9 Å². The van der Waals surface area contributed by atoms with E-state index in [4.69, 9.17) is 9.84 Å². The quantitative estimate of drug-likeness (QED) is 0.711. The summed E-state index contributed by atoms with van der Waals surface area (Å²) >= 11 is 0. The molecule has 0 aromatic heterocycles. The molecule has 1 fully saturated rings. The van der Waals surface area contributed by atoms with Crippen molar-refractivity contribution < 1.29 is 19.4 Å². The van der Waals surface area contributed by atoms with Gasteiger partial charge in [0.2, 0.25) is 5.91 Å². The zero-order chi connectivity index (χ0) is 18.2. The third-order valence-electron chi connectivity index (χ3n) is 4.56. The molecule has 0 unspecified atom stereocenters. The van der Waals surface area contributed by atoms with E-state index in [0.29, 0.717) is 6.54 Å². The third-order valence-corrected chi connectivity index (χ3v) is 4.56. The van der Waals surface area contributed by atoms with Crippen LogP contribution in [0.15, 0.2) is 24.3 Å². The minimum atomic E-state index is -0.789. The third kappa shape index (κ3) is 6.82. The number of anilines is 1. The first-order valence-electron chi connectivity index (χ1n) is 8.64. The smallest absolute Gasteiger partial charge is 0.317 e. The van der Waals surface area contributed by atoms with E-state index >= 15 is 0 Å². The second-order valence-electron chi connectivity index (χ2n) is 6.24. The Morgan fingerprint density at radius 2 is 1.88 bits per heavy atom. The molecule has 2 rings (SSSR count). The number of piperidine rings is 1. The van der Waals surface area contributed by atoms with E-state index in [9.17, 15) is 9.59 Å². The van der Waals surface area contributed by atoms with E-state index in [0.717, 1.165) is 43.9 Å². The molecule has 1 heterocycles. The van der Waals surface area contributed by atoms with E-state index in [2.05, 4.69) is 10.2 Å². The monoisotopic (exact) mass is 385 g/mol. The molecule has 0 spiro atoms. The second-order valence-corrected chi connectivity index (χ2v) is 6.24. The van der Waals surface area contributed by atoms with Gasteiger partial charge < -0.3 is 15.2 Å². The molecular formula is C18H28ClN3O4. The number of rotatable bonds is 8. The topological polar surface area (TPSA) is 82.1 Å². The van der Waals surface area contributed by atoms with E-state index in [1.807, 2.05) is 36.1 Å². The fraction of sp³-hybridized carbons (Fsp3) is 0.556. The van der Waals surface area contributed by atoms with Crippen molar-refractivity contribution in [3.63, 3.8) is 0 Å². The van der Waals surface area contributed by atoms with Crippen LogP contribution in [0.3, 0.4) is 0 Å². The molecule has 1 aliphatic heterocycles. The largest absolute Gasteiger partial charge is 0.497 e. The highest BCUT2D eigenvalue weighted by atomic mass is 35.5. The van der Waals surface area contributed by atoms with Gasteiger partial charge in [-0.2, -0.15) is 0 Å². The average Bonchev–Trinajstić information content (AvgIpc) is 2.61. The lowest BCUT2D eigenvalue weighted by Crippen LogP contribution is -2.48. The van der Waals surface area contributed by atoms with Crippen LogP contribution in [0.5, 0.6) is 5.75 Å². The van der Waals surface area contributed by atoms with Crippen LogP contribution in [0.1, 0.15) is 19.8 Å². The molecule has 1 aromatic carbocycles. The van der Waals surface area contributed by atoms with Gasteiger partial charge in [-0.25, -0.2) is 0 Å². The maximum Gasteiger partial charge on any atom is 0.317 e. The summed E-state index contributed by atoms with van der Waals surface area (Å²) < 4.78 is 5.10. The van der Waals surface area contributed by atoms with E-state index in [1.165, 1.54) is 0 Å². The van der Waals surface area contributed by atoms with Crippen LogP contribution >= 0.6 is 12.4 Å². The minimum absolute atomic E-state index is 0. The summed E-state index contributed by atoms with van der Waals surface area (Å²) in [5.74, 6) is -0.0773. The van der Waals surface area contributed by atoms with Crippen LogP contribution in [0.25, 0.3) is 0 Å². The normalized spacial score (nSPS) is 15.3. The zero-order valence-electron chi connectivity index (χ0n) is 15.3. The number of carboxylic acid groups (broad SMARTS) is 1. The highest BCUT2D eigenvalue weighted by molar-refractivity contribution is 5.92. The molecule has 26 heavy (non-hydrogen) atoms. The molecule has 0 aliphatic carbocycles. The van der Waals surface area contributed by atoms with Crippen molar-refractivity contribution in [3.05, 3.63) is 24.3 Å². The molecule has 7 nitrogen and oxygen atoms in total. The number of nitrogens with zero attached hydrogens (tertiary/aromatic N) is 2. The molecule has 146 valence electrons. The van der Waals surface area contributed by atoms with Gasteiger partial charge in [0.25, 0.3) is 0 Å². The Morgan fingerprint density at radius 3 is 2.38 bits per heavy atom. The van der Waals surface area contributed by atoms with Gasteiger partial charge in [0.05, 0.1) is 20.2 Å². The van der Waals surface area contributed by atoms with Gasteiger partial charge in [0.15, 0.2) is 0 Å². The Kier molecular flexibility index (Phi) is 9.40. The van der Waals surface area contributed by atoms with Crippen molar-refractivity contribution in [2.75, 3.05) is 45.2 Å². The fourth-order valence-corrected chi connectivity index (χ4v) is 3.19. The first-order chi connectivity index (χ1) is 12.0. The number of carbonyl (C=O) groups excluding carboxylic acids is 1. The predicted molar refractivity (Wildman–Crippen MR) is 103 cm³/mol. The van der Waals surface area contributed by atoms with Crippen molar-refractivity contribution in [2.24, 2.45) is 0 Å². The van der Waals surface area contributed by atoms with Crippen LogP contribution in [-0.2, 0) is 9.59 Å². The van der Waals surface area contributed by atoms with Gasteiger partial charge in [-0.1, -0.05) is 6.92 Å². The second kappa shape index (κ2) is 11.0. The van der Waals surface area contributed by atoms with Gasteiger partial charge in [-0.15, -0.1) is 12.4 Å². The highest BCUT2D eigenvalue weighted by Crippen LogP contribution is 2.17. The van der Waals surface area contributed by atoms with Crippen LogP contribution in [0.4, 0.5) is 5.69 Å². The zero-order valence-corrected chi connectivity index (χ0v) is 16.1. The minimum Gasteiger partial charge on any atom is -0.497 e. The number of carboxylic acids is 1. The number of carbonyl (C=O) groups is 2. The maximum atomic E-state index is 12.2. The lowest BCUT2D eigenvalue weighted by atomic mass is 10.0. The molecule has 0 bridgehead atoms. The standard InChI is InChI=1S/C18H27N3O4.ClH/c1-3-21(13-18(23)24)15-8-10-20(11-9-15)12-17(22)19-14-4-6-16(25-2)7-5-14;/h4-7,15H,3,8-13H2,1-2H3,(H,19,22)(H,23,24);1H. The average molecular weight is 386 g/mol.